The summed E-state index contributed by atoms with van der Waals surface area (Å²) in [4.78, 5) is 0. The summed E-state index contributed by atoms with van der Waals surface area (Å²) in [6, 6.07) is 8.02. The monoisotopic (exact) mass is 186 g/mol. The Bertz CT molecular complexity index is 441. The molecule has 0 bridgehead atoms. The third-order valence-corrected chi connectivity index (χ3v) is 1.98. The first kappa shape index (κ1) is 8.62. The minimum atomic E-state index is 0.708. The van der Waals surface area contributed by atoms with Crippen LogP contribution in [0.15, 0.2) is 30.8 Å². The normalized spacial score (nSPS) is 10.1. The van der Waals surface area contributed by atoms with Crippen molar-refractivity contribution in [2.75, 3.05) is 0 Å². The van der Waals surface area contributed by atoms with Gasteiger partial charge in [0.05, 0.1) is 0 Å². The third-order valence-electron chi connectivity index (χ3n) is 1.98. The van der Waals surface area contributed by atoms with Crippen molar-refractivity contribution in [3.05, 3.63) is 36.4 Å². The number of aromatic nitrogens is 4. The highest BCUT2D eigenvalue weighted by Gasteiger charge is 2.04. The fourth-order valence-corrected chi connectivity index (χ4v) is 1.21. The molecule has 14 heavy (non-hydrogen) atoms. The Balaban J connectivity index is 2.49. The van der Waals surface area contributed by atoms with Gasteiger partial charge in [0.25, 0.3) is 0 Å². The van der Waals surface area contributed by atoms with Crippen LogP contribution in [0.2, 0.25) is 0 Å². The van der Waals surface area contributed by atoms with E-state index in [1.807, 2.05) is 31.2 Å². The first-order valence-corrected chi connectivity index (χ1v) is 4.29. The molecule has 2 rings (SSSR count). The average molecular weight is 186 g/mol. The van der Waals surface area contributed by atoms with E-state index in [-0.39, 0.29) is 0 Å². The molecule has 4 nitrogen and oxygen atoms in total. The van der Waals surface area contributed by atoms with Crippen LogP contribution in [0.4, 0.5) is 0 Å². The van der Waals surface area contributed by atoms with E-state index < -0.39 is 0 Å². The zero-order chi connectivity index (χ0) is 9.97. The molecule has 0 atom stereocenters. The third kappa shape index (κ3) is 1.42. The van der Waals surface area contributed by atoms with Crippen molar-refractivity contribution in [3.8, 4) is 11.4 Å². The number of rotatable bonds is 2. The summed E-state index contributed by atoms with van der Waals surface area (Å²) in [6.45, 7) is 5.67. The zero-order valence-corrected chi connectivity index (χ0v) is 7.88. The van der Waals surface area contributed by atoms with Crippen molar-refractivity contribution < 1.29 is 0 Å². The van der Waals surface area contributed by atoms with Crippen molar-refractivity contribution in [1.29, 1.82) is 0 Å². The van der Waals surface area contributed by atoms with Crippen molar-refractivity contribution in [1.82, 2.24) is 20.2 Å². The first-order valence-electron chi connectivity index (χ1n) is 4.29. The van der Waals surface area contributed by atoms with Crippen molar-refractivity contribution in [2.45, 2.75) is 6.92 Å². The number of tetrazole rings is 1. The van der Waals surface area contributed by atoms with Gasteiger partial charge in [0.2, 0.25) is 0 Å². The Labute approximate surface area is 81.9 Å². The maximum Gasteiger partial charge on any atom is 0.186 e. The fourth-order valence-electron chi connectivity index (χ4n) is 1.21. The van der Waals surface area contributed by atoms with Crippen molar-refractivity contribution in [2.24, 2.45) is 0 Å². The quantitative estimate of drug-likeness (QED) is 0.717. The molecule has 0 fully saturated rings. The Hall–Kier alpha value is -1.97. The highest BCUT2D eigenvalue weighted by Crippen LogP contribution is 2.15. The summed E-state index contributed by atoms with van der Waals surface area (Å²) in [5, 5.41) is 11.3. The second-order valence-electron chi connectivity index (χ2n) is 3.00. The van der Waals surface area contributed by atoms with Gasteiger partial charge < -0.3 is 0 Å². The lowest BCUT2D eigenvalue weighted by atomic mass is 10.1. The lowest BCUT2D eigenvalue weighted by Crippen LogP contribution is -1.92. The molecule has 0 amide bonds. The molecule has 0 N–H and O–H groups in total. The lowest BCUT2D eigenvalue weighted by molar-refractivity contribution is 0.820. The second-order valence-corrected chi connectivity index (χ2v) is 3.00. The van der Waals surface area contributed by atoms with E-state index in [0.717, 1.165) is 5.56 Å². The van der Waals surface area contributed by atoms with Crippen LogP contribution in [0.3, 0.4) is 0 Å². The SMILES string of the molecule is C=Cn1nnnc1-c1ccc(C)cc1. The topological polar surface area (TPSA) is 43.6 Å². The molecule has 0 aliphatic heterocycles. The maximum atomic E-state index is 3.92. The molecule has 0 aliphatic rings. The number of benzene rings is 1. The van der Waals surface area contributed by atoms with E-state index in [9.17, 15) is 0 Å². The van der Waals surface area contributed by atoms with E-state index in [0.29, 0.717) is 5.82 Å². The van der Waals surface area contributed by atoms with E-state index in [4.69, 9.17) is 0 Å². The van der Waals surface area contributed by atoms with Gasteiger partial charge in [0.1, 0.15) is 0 Å². The van der Waals surface area contributed by atoms with E-state index in [1.54, 1.807) is 10.9 Å². The molecule has 0 unspecified atom stereocenters. The van der Waals surface area contributed by atoms with Gasteiger partial charge in [-0.05, 0) is 17.4 Å². The molecule has 0 aliphatic carbocycles. The summed E-state index contributed by atoms with van der Waals surface area (Å²) in [5.74, 6) is 0.708. The lowest BCUT2D eigenvalue weighted by Gasteiger charge is -1.99. The molecule has 1 heterocycles. The van der Waals surface area contributed by atoms with Gasteiger partial charge >= 0.3 is 0 Å². The number of nitrogens with zero attached hydrogens (tertiary/aromatic N) is 4. The largest absolute Gasteiger partial charge is 0.201 e. The molecule has 0 saturated carbocycles. The average Bonchev–Trinajstić information content (AvgIpc) is 2.67. The van der Waals surface area contributed by atoms with Crippen LogP contribution >= 0.6 is 0 Å². The van der Waals surface area contributed by atoms with Gasteiger partial charge in [0.15, 0.2) is 5.82 Å². The van der Waals surface area contributed by atoms with Crippen molar-refractivity contribution in [3.63, 3.8) is 0 Å². The van der Waals surface area contributed by atoms with Crippen LogP contribution in [0.5, 0.6) is 0 Å². The summed E-state index contributed by atoms with van der Waals surface area (Å²) in [7, 11) is 0. The molecule has 2 aromatic rings. The van der Waals surface area contributed by atoms with Gasteiger partial charge in [-0.3, -0.25) is 0 Å². The highest BCUT2D eigenvalue weighted by atomic mass is 15.5. The van der Waals surface area contributed by atoms with Crippen LogP contribution in [0, 0.1) is 6.92 Å². The zero-order valence-electron chi connectivity index (χ0n) is 7.88. The number of hydrogen-bond donors (Lipinski definition) is 0. The Morgan fingerprint density at radius 1 is 1.29 bits per heavy atom. The van der Waals surface area contributed by atoms with E-state index in [1.165, 1.54) is 5.56 Å². The minimum absolute atomic E-state index is 0.708. The molecule has 0 spiro atoms. The molecule has 1 aromatic heterocycles. The second kappa shape index (κ2) is 3.41. The van der Waals surface area contributed by atoms with Gasteiger partial charge in [0, 0.05) is 11.8 Å². The number of hydrogen-bond acceptors (Lipinski definition) is 3. The maximum absolute atomic E-state index is 3.92. The standard InChI is InChI=1S/C10H10N4/c1-3-14-10(11-12-13-14)9-6-4-8(2)5-7-9/h3-7H,1H2,2H3. The van der Waals surface area contributed by atoms with Crippen LogP contribution in [0.1, 0.15) is 5.56 Å². The molecule has 0 saturated heterocycles. The Morgan fingerprint density at radius 3 is 2.64 bits per heavy atom. The van der Waals surface area contributed by atoms with Crippen LogP contribution in [0.25, 0.3) is 17.6 Å². The smallest absolute Gasteiger partial charge is 0.186 e. The first-order chi connectivity index (χ1) is 6.81. The molecule has 4 heteroatoms. The summed E-state index contributed by atoms with van der Waals surface area (Å²) < 4.78 is 1.55. The minimum Gasteiger partial charge on any atom is -0.201 e. The van der Waals surface area contributed by atoms with Crippen LogP contribution in [-0.4, -0.2) is 20.2 Å². The Morgan fingerprint density at radius 2 is 2.00 bits per heavy atom. The summed E-state index contributed by atoms with van der Waals surface area (Å²) >= 11 is 0. The van der Waals surface area contributed by atoms with Gasteiger partial charge in [-0.15, -0.1) is 5.10 Å². The van der Waals surface area contributed by atoms with Crippen molar-refractivity contribution >= 4 is 6.20 Å². The Kier molecular flexibility index (Phi) is 2.10. The number of aryl methyl sites for hydroxylation is 1. The molecular weight excluding hydrogens is 176 g/mol. The highest BCUT2D eigenvalue weighted by molar-refractivity contribution is 5.56. The molecule has 1 aromatic carbocycles. The fraction of sp³-hybridized carbons (Fsp3) is 0.100. The predicted octanol–water partition coefficient (Wildman–Crippen LogP) is 1.75. The predicted molar refractivity (Wildman–Crippen MR) is 54.4 cm³/mol. The van der Waals surface area contributed by atoms with Gasteiger partial charge in [-0.2, -0.15) is 0 Å². The summed E-state index contributed by atoms with van der Waals surface area (Å²) in [5.41, 5.74) is 2.20. The van der Waals surface area contributed by atoms with Gasteiger partial charge in [-0.25, -0.2) is 4.68 Å². The summed E-state index contributed by atoms with van der Waals surface area (Å²) in [6.07, 6.45) is 1.58. The molecule has 70 valence electrons. The molecular formula is C10H10N4. The van der Waals surface area contributed by atoms with E-state index >= 15 is 0 Å². The molecule has 0 radical (unpaired) electrons. The van der Waals surface area contributed by atoms with Crippen LogP contribution < -0.4 is 0 Å². The van der Waals surface area contributed by atoms with Gasteiger partial charge in [-0.1, -0.05) is 36.4 Å². The van der Waals surface area contributed by atoms with Crippen LogP contribution in [-0.2, 0) is 0 Å². The van der Waals surface area contributed by atoms with E-state index in [2.05, 4.69) is 22.1 Å².